The summed E-state index contributed by atoms with van der Waals surface area (Å²) in [7, 11) is 3.35. The van der Waals surface area contributed by atoms with Gasteiger partial charge in [0, 0.05) is 36.3 Å². The van der Waals surface area contributed by atoms with Gasteiger partial charge in [0.2, 0.25) is 0 Å². The van der Waals surface area contributed by atoms with Crippen molar-refractivity contribution in [1.29, 1.82) is 0 Å². The van der Waals surface area contributed by atoms with E-state index in [2.05, 4.69) is 20.7 Å². The topological polar surface area (TPSA) is 132 Å². The molecule has 2 aliphatic rings. The van der Waals surface area contributed by atoms with Gasteiger partial charge in [-0.1, -0.05) is 6.07 Å². The number of pyridine rings is 1. The summed E-state index contributed by atoms with van der Waals surface area (Å²) in [5.41, 5.74) is 1.68. The summed E-state index contributed by atoms with van der Waals surface area (Å²) in [6.07, 6.45) is 5.10. The maximum absolute atomic E-state index is 13.2. The van der Waals surface area contributed by atoms with Crippen molar-refractivity contribution in [2.75, 3.05) is 13.7 Å². The van der Waals surface area contributed by atoms with Gasteiger partial charge in [0.15, 0.2) is 11.1 Å². The summed E-state index contributed by atoms with van der Waals surface area (Å²) in [5, 5.41) is 9.85. The highest BCUT2D eigenvalue weighted by atomic mass is 16.5. The third-order valence-corrected chi connectivity index (χ3v) is 6.39. The van der Waals surface area contributed by atoms with Crippen LogP contribution >= 0.6 is 0 Å². The van der Waals surface area contributed by atoms with Crippen LogP contribution in [0.5, 0.6) is 5.75 Å². The molecular formula is C24H20N6O5. The SMILES string of the molecule is COc1ccc2c(c1)C(=O)N(C[C@@]1(c3cc4cc(-c5cnn(C)c5)ncc4o3)NC(=O)NC1=O)C2. The number of hydrogen-bond donors (Lipinski definition) is 2. The van der Waals surface area contributed by atoms with E-state index in [9.17, 15) is 14.4 Å². The number of fused-ring (bicyclic) bond motifs is 2. The number of nitrogens with one attached hydrogen (secondary N) is 2. The van der Waals surface area contributed by atoms with Crippen LogP contribution in [0.3, 0.4) is 0 Å². The molecule has 1 aromatic carbocycles. The van der Waals surface area contributed by atoms with Crippen LogP contribution < -0.4 is 15.4 Å². The molecule has 2 N–H and O–H groups in total. The Morgan fingerprint density at radius 1 is 1.17 bits per heavy atom. The molecular weight excluding hydrogens is 452 g/mol. The fraction of sp³-hybridized carbons (Fsp3) is 0.208. The quantitative estimate of drug-likeness (QED) is 0.424. The van der Waals surface area contributed by atoms with Gasteiger partial charge < -0.3 is 19.4 Å². The van der Waals surface area contributed by atoms with E-state index in [0.717, 1.165) is 11.1 Å². The van der Waals surface area contributed by atoms with E-state index < -0.39 is 17.5 Å². The summed E-state index contributed by atoms with van der Waals surface area (Å²) < 4.78 is 12.9. The van der Waals surface area contributed by atoms with Crippen molar-refractivity contribution in [1.82, 2.24) is 30.3 Å². The summed E-state index contributed by atoms with van der Waals surface area (Å²) in [4.78, 5) is 44.5. The molecule has 0 unspecified atom stereocenters. The Morgan fingerprint density at radius 2 is 2.03 bits per heavy atom. The molecule has 4 amide bonds. The minimum absolute atomic E-state index is 0.108. The lowest BCUT2D eigenvalue weighted by Gasteiger charge is -2.29. The van der Waals surface area contributed by atoms with Crippen molar-refractivity contribution in [3.63, 3.8) is 0 Å². The maximum atomic E-state index is 13.2. The van der Waals surface area contributed by atoms with E-state index >= 15 is 0 Å². The Kier molecular flexibility index (Phi) is 4.43. The lowest BCUT2D eigenvalue weighted by Crippen LogP contribution is -2.52. The average Bonchev–Trinajstić information content (AvgIpc) is 3.60. The molecule has 0 radical (unpaired) electrons. The Bertz CT molecular complexity index is 1540. The van der Waals surface area contributed by atoms with Gasteiger partial charge in [0.25, 0.3) is 11.8 Å². The van der Waals surface area contributed by atoms with Gasteiger partial charge in [-0.05, 0) is 29.8 Å². The molecule has 2 aliphatic heterocycles. The molecule has 3 aromatic heterocycles. The molecule has 176 valence electrons. The van der Waals surface area contributed by atoms with Crippen molar-refractivity contribution in [2.45, 2.75) is 12.1 Å². The highest BCUT2D eigenvalue weighted by molar-refractivity contribution is 6.08. The third-order valence-electron chi connectivity index (χ3n) is 6.39. The molecule has 0 spiro atoms. The maximum Gasteiger partial charge on any atom is 0.322 e. The molecule has 0 bridgehead atoms. The minimum atomic E-state index is -1.59. The summed E-state index contributed by atoms with van der Waals surface area (Å²) in [6.45, 7) is 0.180. The Morgan fingerprint density at radius 3 is 2.74 bits per heavy atom. The first-order valence-corrected chi connectivity index (χ1v) is 10.9. The highest BCUT2D eigenvalue weighted by Crippen LogP contribution is 2.35. The Labute approximate surface area is 198 Å². The van der Waals surface area contributed by atoms with Gasteiger partial charge in [-0.2, -0.15) is 5.10 Å². The molecule has 6 rings (SSSR count). The number of urea groups is 1. The van der Waals surface area contributed by atoms with Crippen LogP contribution in [-0.2, 0) is 23.9 Å². The number of aromatic nitrogens is 3. The largest absolute Gasteiger partial charge is 0.497 e. The van der Waals surface area contributed by atoms with Crippen LogP contribution in [0.2, 0.25) is 0 Å². The van der Waals surface area contributed by atoms with Crippen LogP contribution in [-0.4, -0.2) is 51.2 Å². The molecule has 35 heavy (non-hydrogen) atoms. The molecule has 0 aliphatic carbocycles. The van der Waals surface area contributed by atoms with E-state index in [1.807, 2.05) is 25.4 Å². The summed E-state index contributed by atoms with van der Waals surface area (Å²) >= 11 is 0. The van der Waals surface area contributed by atoms with E-state index in [-0.39, 0.29) is 24.8 Å². The van der Waals surface area contributed by atoms with Crippen LogP contribution in [0.1, 0.15) is 21.7 Å². The molecule has 11 nitrogen and oxygen atoms in total. The lowest BCUT2D eigenvalue weighted by atomic mass is 9.95. The number of benzene rings is 1. The van der Waals surface area contributed by atoms with Crippen LogP contribution in [0.25, 0.3) is 22.2 Å². The van der Waals surface area contributed by atoms with Gasteiger partial charge in [-0.15, -0.1) is 0 Å². The number of ether oxygens (including phenoxy) is 1. The first-order chi connectivity index (χ1) is 16.9. The van der Waals surface area contributed by atoms with Crippen LogP contribution in [0.4, 0.5) is 4.79 Å². The molecule has 1 saturated heterocycles. The summed E-state index contributed by atoms with van der Waals surface area (Å²) in [6, 6.07) is 8.13. The normalized spacial score (nSPS) is 19.3. The molecule has 1 atom stereocenters. The zero-order valence-corrected chi connectivity index (χ0v) is 18.9. The van der Waals surface area contributed by atoms with Gasteiger partial charge in [0.05, 0.1) is 31.7 Å². The fourth-order valence-electron chi connectivity index (χ4n) is 4.60. The van der Waals surface area contributed by atoms with Crippen LogP contribution in [0, 0.1) is 0 Å². The van der Waals surface area contributed by atoms with Crippen molar-refractivity contribution in [2.24, 2.45) is 7.05 Å². The molecule has 5 heterocycles. The fourth-order valence-corrected chi connectivity index (χ4v) is 4.60. The molecule has 11 heteroatoms. The lowest BCUT2D eigenvalue weighted by molar-refractivity contribution is -0.125. The number of hydrogen-bond acceptors (Lipinski definition) is 7. The first kappa shape index (κ1) is 20.9. The number of furan rings is 1. The van der Waals surface area contributed by atoms with Gasteiger partial charge >= 0.3 is 6.03 Å². The number of aryl methyl sites for hydroxylation is 1. The van der Waals surface area contributed by atoms with E-state index in [0.29, 0.717) is 28.0 Å². The second kappa shape index (κ2) is 7.42. The number of amides is 4. The monoisotopic (exact) mass is 472 g/mol. The number of carbonyl (C=O) groups is 3. The smallest absolute Gasteiger partial charge is 0.322 e. The van der Waals surface area contributed by atoms with E-state index in [4.69, 9.17) is 9.15 Å². The number of nitrogens with zero attached hydrogens (tertiary/aromatic N) is 4. The van der Waals surface area contributed by atoms with E-state index in [1.165, 1.54) is 12.0 Å². The van der Waals surface area contributed by atoms with E-state index in [1.54, 1.807) is 35.3 Å². The Hall–Kier alpha value is -4.67. The second-order valence-corrected chi connectivity index (χ2v) is 8.62. The second-order valence-electron chi connectivity index (χ2n) is 8.62. The number of methoxy groups -OCH3 is 1. The van der Waals surface area contributed by atoms with Crippen molar-refractivity contribution < 1.29 is 23.5 Å². The van der Waals surface area contributed by atoms with Gasteiger partial charge in [0.1, 0.15) is 11.5 Å². The molecule has 4 aromatic rings. The average molecular weight is 472 g/mol. The number of rotatable bonds is 5. The van der Waals surface area contributed by atoms with Gasteiger partial charge in [-0.3, -0.25) is 24.6 Å². The number of carbonyl (C=O) groups excluding carboxylic acids is 3. The standard InChI is InChI=1S/C24H20N6O5/c1-29-10-15(8-26-29)18-5-14-6-20(35-19(14)9-25-18)24(22(32)27-23(33)28-24)12-30-11-13-3-4-16(34-2)7-17(13)21(30)31/h3-10H,11-12H2,1-2H3,(H2,27,28,32,33)/t24-/m0/s1. The van der Waals surface area contributed by atoms with Crippen molar-refractivity contribution in [3.05, 3.63) is 65.8 Å². The van der Waals surface area contributed by atoms with Gasteiger partial charge in [-0.25, -0.2) is 4.79 Å². The predicted octanol–water partition coefficient (Wildman–Crippen LogP) is 1.93. The summed E-state index contributed by atoms with van der Waals surface area (Å²) in [5.74, 6) is -0.0793. The zero-order valence-electron chi connectivity index (χ0n) is 18.9. The number of imide groups is 1. The zero-order chi connectivity index (χ0) is 24.3. The third kappa shape index (κ3) is 3.23. The van der Waals surface area contributed by atoms with Crippen molar-refractivity contribution >= 4 is 28.8 Å². The molecule has 1 fully saturated rings. The Balaban J connectivity index is 1.38. The molecule has 0 saturated carbocycles. The van der Waals surface area contributed by atoms with Crippen LogP contribution in [0.15, 0.2) is 53.3 Å². The van der Waals surface area contributed by atoms with Crippen molar-refractivity contribution in [3.8, 4) is 17.0 Å². The predicted molar refractivity (Wildman–Crippen MR) is 122 cm³/mol. The minimum Gasteiger partial charge on any atom is -0.497 e. The highest BCUT2D eigenvalue weighted by Gasteiger charge is 2.53. The first-order valence-electron chi connectivity index (χ1n) is 10.9.